The Labute approximate surface area is 133 Å². The molecule has 1 N–H and O–H groups in total. The van der Waals surface area contributed by atoms with E-state index in [1.807, 2.05) is 28.8 Å². The highest BCUT2D eigenvalue weighted by molar-refractivity contribution is 7.12. The average molecular weight is 320 g/mol. The Kier molecular flexibility index (Phi) is 5.06. The van der Waals surface area contributed by atoms with Crippen molar-refractivity contribution >= 4 is 28.6 Å². The van der Waals surface area contributed by atoms with E-state index in [0.29, 0.717) is 5.92 Å². The highest BCUT2D eigenvalue weighted by atomic mass is 32.1. The molecule has 1 amide bonds. The number of nitrogens with zero attached hydrogens (tertiary/aromatic N) is 1. The standard InChI is InChI=1S/C16H20N2OS2/c19-16(15-6-3-9-21-15)17-10-13-4-1-7-18(11-13)12-14-5-2-8-20-14/h2-3,5-6,8-9,13H,1,4,7,10-12H2,(H,17,19)/t13-/m1/s1. The number of likely N-dealkylation sites (tertiary alicyclic amines) is 1. The van der Waals surface area contributed by atoms with E-state index in [4.69, 9.17) is 0 Å². The van der Waals surface area contributed by atoms with Crippen LogP contribution in [-0.2, 0) is 6.54 Å². The van der Waals surface area contributed by atoms with Gasteiger partial charge in [-0.2, -0.15) is 0 Å². The van der Waals surface area contributed by atoms with Crippen molar-refractivity contribution in [1.29, 1.82) is 0 Å². The molecule has 0 bridgehead atoms. The lowest BCUT2D eigenvalue weighted by atomic mass is 9.98. The predicted octanol–water partition coefficient (Wildman–Crippen LogP) is 3.45. The fraction of sp³-hybridized carbons (Fsp3) is 0.438. The van der Waals surface area contributed by atoms with Crippen LogP contribution in [0.5, 0.6) is 0 Å². The lowest BCUT2D eigenvalue weighted by Crippen LogP contribution is -2.40. The summed E-state index contributed by atoms with van der Waals surface area (Å²) in [5.74, 6) is 0.642. The Balaban J connectivity index is 1.46. The van der Waals surface area contributed by atoms with Crippen molar-refractivity contribution in [2.45, 2.75) is 19.4 Å². The van der Waals surface area contributed by atoms with Gasteiger partial charge in [0.2, 0.25) is 0 Å². The van der Waals surface area contributed by atoms with Gasteiger partial charge in [0.05, 0.1) is 4.88 Å². The molecule has 1 saturated heterocycles. The second kappa shape index (κ2) is 7.20. The summed E-state index contributed by atoms with van der Waals surface area (Å²) in [5, 5.41) is 7.16. The number of carbonyl (C=O) groups is 1. The molecule has 0 saturated carbocycles. The van der Waals surface area contributed by atoms with Gasteiger partial charge in [0.1, 0.15) is 0 Å². The highest BCUT2D eigenvalue weighted by Gasteiger charge is 2.21. The molecule has 0 unspecified atom stereocenters. The summed E-state index contributed by atoms with van der Waals surface area (Å²) >= 11 is 3.32. The summed E-state index contributed by atoms with van der Waals surface area (Å²) in [6, 6.07) is 8.11. The van der Waals surface area contributed by atoms with Gasteiger partial charge in [0.15, 0.2) is 0 Å². The van der Waals surface area contributed by atoms with Crippen molar-refractivity contribution in [1.82, 2.24) is 10.2 Å². The summed E-state index contributed by atoms with van der Waals surface area (Å²) < 4.78 is 0. The quantitative estimate of drug-likeness (QED) is 0.915. The van der Waals surface area contributed by atoms with Gasteiger partial charge in [0.25, 0.3) is 5.91 Å². The van der Waals surface area contributed by atoms with E-state index >= 15 is 0 Å². The Morgan fingerprint density at radius 2 is 2.14 bits per heavy atom. The van der Waals surface area contributed by atoms with Gasteiger partial charge in [-0.05, 0) is 48.2 Å². The molecule has 1 fully saturated rings. The molecule has 1 aliphatic rings. The first-order chi connectivity index (χ1) is 10.3. The van der Waals surface area contributed by atoms with Crippen molar-refractivity contribution < 1.29 is 4.79 Å². The first-order valence-electron chi connectivity index (χ1n) is 7.37. The zero-order valence-corrected chi connectivity index (χ0v) is 13.6. The van der Waals surface area contributed by atoms with Crippen LogP contribution >= 0.6 is 22.7 Å². The van der Waals surface area contributed by atoms with E-state index in [1.54, 1.807) is 0 Å². The van der Waals surface area contributed by atoms with Gasteiger partial charge < -0.3 is 5.32 Å². The van der Waals surface area contributed by atoms with Gasteiger partial charge >= 0.3 is 0 Å². The van der Waals surface area contributed by atoms with Crippen LogP contribution < -0.4 is 5.32 Å². The molecule has 0 radical (unpaired) electrons. The second-order valence-electron chi connectivity index (χ2n) is 5.51. The zero-order chi connectivity index (χ0) is 14.5. The fourth-order valence-electron chi connectivity index (χ4n) is 2.82. The maximum Gasteiger partial charge on any atom is 0.261 e. The van der Waals surface area contributed by atoms with Crippen LogP contribution in [0.3, 0.4) is 0 Å². The van der Waals surface area contributed by atoms with E-state index in [9.17, 15) is 4.79 Å². The first-order valence-corrected chi connectivity index (χ1v) is 9.13. The van der Waals surface area contributed by atoms with Crippen LogP contribution in [0.25, 0.3) is 0 Å². The van der Waals surface area contributed by atoms with Gasteiger partial charge in [-0.1, -0.05) is 12.1 Å². The molecule has 5 heteroatoms. The predicted molar refractivity (Wildman–Crippen MR) is 89.0 cm³/mol. The maximum atomic E-state index is 12.0. The molecule has 0 aromatic carbocycles. The maximum absolute atomic E-state index is 12.0. The third kappa shape index (κ3) is 4.15. The topological polar surface area (TPSA) is 32.3 Å². The number of amides is 1. The molecule has 3 rings (SSSR count). The monoisotopic (exact) mass is 320 g/mol. The van der Waals surface area contributed by atoms with Gasteiger partial charge in [-0.25, -0.2) is 0 Å². The number of nitrogens with one attached hydrogen (secondary N) is 1. The normalized spacial score (nSPS) is 19.5. The molecule has 112 valence electrons. The Hall–Kier alpha value is -1.17. The van der Waals surface area contributed by atoms with Gasteiger partial charge in [0, 0.05) is 24.5 Å². The number of thiophene rings is 2. The molecule has 21 heavy (non-hydrogen) atoms. The summed E-state index contributed by atoms with van der Waals surface area (Å²) in [6.07, 6.45) is 2.44. The molecule has 0 aliphatic carbocycles. The molecule has 1 atom stereocenters. The summed E-state index contributed by atoms with van der Waals surface area (Å²) in [5.41, 5.74) is 0. The Morgan fingerprint density at radius 3 is 2.90 bits per heavy atom. The highest BCUT2D eigenvalue weighted by Crippen LogP contribution is 2.20. The summed E-state index contributed by atoms with van der Waals surface area (Å²) in [7, 11) is 0. The molecule has 3 nitrogen and oxygen atoms in total. The molecule has 1 aliphatic heterocycles. The van der Waals surface area contributed by atoms with Gasteiger partial charge in [-0.3, -0.25) is 9.69 Å². The molecular formula is C16H20N2OS2. The lowest BCUT2D eigenvalue weighted by Gasteiger charge is -2.32. The number of hydrogen-bond donors (Lipinski definition) is 1. The van der Waals surface area contributed by atoms with Crippen molar-refractivity contribution in [3.05, 3.63) is 44.8 Å². The lowest BCUT2D eigenvalue weighted by molar-refractivity contribution is 0.0935. The van der Waals surface area contributed by atoms with Crippen LogP contribution in [0.15, 0.2) is 35.0 Å². The minimum absolute atomic E-state index is 0.0698. The molecule has 3 heterocycles. The van der Waals surface area contributed by atoms with Crippen LogP contribution in [-0.4, -0.2) is 30.4 Å². The summed E-state index contributed by atoms with van der Waals surface area (Å²) in [4.78, 5) is 16.7. The van der Waals surface area contributed by atoms with E-state index in [2.05, 4.69) is 27.7 Å². The van der Waals surface area contributed by atoms with Crippen molar-refractivity contribution in [3.63, 3.8) is 0 Å². The van der Waals surface area contributed by atoms with Crippen LogP contribution in [0.4, 0.5) is 0 Å². The third-order valence-electron chi connectivity index (χ3n) is 3.86. The minimum atomic E-state index is 0.0698. The van der Waals surface area contributed by atoms with Crippen LogP contribution in [0.2, 0.25) is 0 Å². The number of rotatable bonds is 5. The van der Waals surface area contributed by atoms with Crippen molar-refractivity contribution in [2.24, 2.45) is 5.92 Å². The SMILES string of the molecule is O=C(NC[C@H]1CCCN(Cc2cccs2)C1)c1cccs1. The Morgan fingerprint density at radius 1 is 1.29 bits per heavy atom. The number of hydrogen-bond acceptors (Lipinski definition) is 4. The zero-order valence-electron chi connectivity index (χ0n) is 12.0. The molecular weight excluding hydrogens is 300 g/mol. The second-order valence-corrected chi connectivity index (χ2v) is 7.49. The van der Waals surface area contributed by atoms with Crippen molar-refractivity contribution in [3.8, 4) is 0 Å². The average Bonchev–Trinajstić information content (AvgIpc) is 3.18. The third-order valence-corrected chi connectivity index (χ3v) is 5.59. The summed E-state index contributed by atoms with van der Waals surface area (Å²) in [6.45, 7) is 4.10. The van der Waals surface area contributed by atoms with E-state index in [0.717, 1.165) is 24.5 Å². The van der Waals surface area contributed by atoms with Crippen molar-refractivity contribution in [2.75, 3.05) is 19.6 Å². The number of carbonyl (C=O) groups excluding carboxylic acids is 1. The first kappa shape index (κ1) is 14.8. The van der Waals surface area contributed by atoms with E-state index in [1.165, 1.54) is 35.6 Å². The Bertz CT molecular complexity index is 551. The van der Waals surface area contributed by atoms with E-state index < -0.39 is 0 Å². The molecule has 2 aromatic rings. The molecule has 2 aromatic heterocycles. The largest absolute Gasteiger partial charge is 0.351 e. The van der Waals surface area contributed by atoms with Crippen LogP contribution in [0.1, 0.15) is 27.4 Å². The smallest absolute Gasteiger partial charge is 0.261 e. The van der Waals surface area contributed by atoms with Crippen LogP contribution in [0, 0.1) is 5.92 Å². The van der Waals surface area contributed by atoms with Gasteiger partial charge in [-0.15, -0.1) is 22.7 Å². The fourth-order valence-corrected chi connectivity index (χ4v) is 4.20. The number of piperidine rings is 1. The van der Waals surface area contributed by atoms with E-state index in [-0.39, 0.29) is 5.91 Å². The molecule has 0 spiro atoms. The minimum Gasteiger partial charge on any atom is -0.351 e.